The highest BCUT2D eigenvalue weighted by Crippen LogP contribution is 1.90. The summed E-state index contributed by atoms with van der Waals surface area (Å²) in [7, 11) is 3.80. The Bertz CT molecular complexity index is 240. The number of amides is 2. The number of hydrazone groups is 1. The van der Waals surface area contributed by atoms with Gasteiger partial charge in [-0.15, -0.1) is 0 Å². The lowest BCUT2D eigenvalue weighted by Gasteiger charge is -2.18. The van der Waals surface area contributed by atoms with E-state index < -0.39 is 6.03 Å². The first-order valence-corrected chi connectivity index (χ1v) is 4.63. The Hall–Kier alpha value is -1.43. The highest BCUT2D eigenvalue weighted by Gasteiger charge is 2.11. The zero-order valence-electron chi connectivity index (χ0n) is 9.49. The van der Waals surface area contributed by atoms with Crippen molar-refractivity contribution in [3.8, 4) is 0 Å². The van der Waals surface area contributed by atoms with Crippen LogP contribution in [0, 0.1) is 0 Å². The number of Topliss-reactive ketones (excluding diaryl/α,β-unsaturated/α-hetero) is 1. The monoisotopic (exact) mass is 214 g/mol. The van der Waals surface area contributed by atoms with Gasteiger partial charge in [0.2, 0.25) is 0 Å². The van der Waals surface area contributed by atoms with Gasteiger partial charge in [-0.25, -0.2) is 9.80 Å². The van der Waals surface area contributed by atoms with Crippen LogP contribution in [0.4, 0.5) is 4.79 Å². The summed E-state index contributed by atoms with van der Waals surface area (Å²) in [6.45, 7) is 5.86. The summed E-state index contributed by atoms with van der Waals surface area (Å²) in [5.74, 6) is -0.0972. The quantitative estimate of drug-likeness (QED) is 0.490. The van der Waals surface area contributed by atoms with Gasteiger partial charge < -0.3 is 10.2 Å². The van der Waals surface area contributed by atoms with Gasteiger partial charge in [0.25, 0.3) is 0 Å². The molecular formula is C9H18N4O2. The largest absolute Gasteiger partial charge is 0.338 e. The molecule has 0 rings (SSSR count). The van der Waals surface area contributed by atoms with Crippen LogP contribution in [-0.4, -0.2) is 62.2 Å². The standard InChI is InChI=1S/C9H18N4O2/c1-8(14)7-11-9(15)13(10-2)6-5-12(3)4/h2,5-7H2,1,3-4H3,(H,11,15). The van der Waals surface area contributed by atoms with E-state index in [1.807, 2.05) is 19.0 Å². The van der Waals surface area contributed by atoms with Gasteiger partial charge in [0.15, 0.2) is 0 Å². The zero-order chi connectivity index (χ0) is 11.8. The van der Waals surface area contributed by atoms with E-state index >= 15 is 0 Å². The molecule has 1 N–H and O–H groups in total. The van der Waals surface area contributed by atoms with Crippen LogP contribution in [0.1, 0.15) is 6.92 Å². The fourth-order valence-corrected chi connectivity index (χ4v) is 0.823. The first-order valence-electron chi connectivity index (χ1n) is 4.63. The fourth-order valence-electron chi connectivity index (χ4n) is 0.823. The van der Waals surface area contributed by atoms with Crippen molar-refractivity contribution in [3.05, 3.63) is 0 Å². The van der Waals surface area contributed by atoms with Crippen LogP contribution < -0.4 is 5.32 Å². The molecule has 6 nitrogen and oxygen atoms in total. The lowest BCUT2D eigenvalue weighted by molar-refractivity contribution is -0.116. The van der Waals surface area contributed by atoms with E-state index in [0.717, 1.165) is 0 Å². The Morgan fingerprint density at radius 1 is 1.33 bits per heavy atom. The molecule has 0 saturated heterocycles. The molecule has 86 valence electrons. The molecule has 15 heavy (non-hydrogen) atoms. The second-order valence-corrected chi connectivity index (χ2v) is 3.43. The number of ketones is 1. The minimum absolute atomic E-state index is 0.0207. The van der Waals surface area contributed by atoms with E-state index in [9.17, 15) is 9.59 Å². The summed E-state index contributed by atoms with van der Waals surface area (Å²) in [4.78, 5) is 24.0. The van der Waals surface area contributed by atoms with Crippen molar-refractivity contribution >= 4 is 18.5 Å². The van der Waals surface area contributed by atoms with Crippen LogP contribution in [-0.2, 0) is 4.79 Å². The van der Waals surface area contributed by atoms with E-state index in [1.54, 1.807) is 0 Å². The average Bonchev–Trinajstić information content (AvgIpc) is 2.15. The van der Waals surface area contributed by atoms with Crippen molar-refractivity contribution in [2.75, 3.05) is 33.7 Å². The second-order valence-electron chi connectivity index (χ2n) is 3.43. The Kier molecular flexibility index (Phi) is 6.28. The average molecular weight is 214 g/mol. The van der Waals surface area contributed by atoms with E-state index in [0.29, 0.717) is 13.1 Å². The predicted molar refractivity (Wildman–Crippen MR) is 58.9 cm³/mol. The summed E-state index contributed by atoms with van der Waals surface area (Å²) in [6.07, 6.45) is 0. The molecule has 0 aliphatic rings. The molecule has 0 unspecified atom stereocenters. The van der Waals surface area contributed by atoms with Crippen LogP contribution in [0.3, 0.4) is 0 Å². The summed E-state index contributed by atoms with van der Waals surface area (Å²) in [5.41, 5.74) is 0. The van der Waals surface area contributed by atoms with E-state index in [2.05, 4.69) is 17.1 Å². The highest BCUT2D eigenvalue weighted by atomic mass is 16.2. The Morgan fingerprint density at radius 3 is 2.33 bits per heavy atom. The van der Waals surface area contributed by atoms with Gasteiger partial charge >= 0.3 is 6.03 Å². The predicted octanol–water partition coefficient (Wildman–Crippen LogP) is -0.236. The molecule has 0 fully saturated rings. The molecule has 0 saturated carbocycles. The number of urea groups is 1. The van der Waals surface area contributed by atoms with Crippen LogP contribution in [0.2, 0.25) is 0 Å². The van der Waals surface area contributed by atoms with E-state index in [-0.39, 0.29) is 12.3 Å². The van der Waals surface area contributed by atoms with Gasteiger partial charge in [-0.05, 0) is 21.0 Å². The van der Waals surface area contributed by atoms with Crippen molar-refractivity contribution in [1.29, 1.82) is 0 Å². The molecule has 2 amide bonds. The third kappa shape index (κ3) is 6.62. The minimum Gasteiger partial charge on any atom is -0.329 e. The zero-order valence-corrected chi connectivity index (χ0v) is 9.49. The molecule has 0 spiro atoms. The van der Waals surface area contributed by atoms with Crippen molar-refractivity contribution in [2.45, 2.75) is 6.92 Å². The number of hydrogen-bond donors (Lipinski definition) is 1. The number of carbonyl (C=O) groups is 2. The van der Waals surface area contributed by atoms with Gasteiger partial charge in [-0.1, -0.05) is 0 Å². The maximum Gasteiger partial charge on any atom is 0.338 e. The van der Waals surface area contributed by atoms with Crippen molar-refractivity contribution in [3.63, 3.8) is 0 Å². The number of rotatable bonds is 6. The molecule has 0 heterocycles. The highest BCUT2D eigenvalue weighted by molar-refractivity contribution is 5.83. The smallest absolute Gasteiger partial charge is 0.329 e. The lowest BCUT2D eigenvalue weighted by atomic mass is 10.4. The van der Waals surface area contributed by atoms with E-state index in [1.165, 1.54) is 11.9 Å². The maximum atomic E-state index is 11.4. The topological polar surface area (TPSA) is 65.0 Å². The molecule has 0 bridgehead atoms. The Morgan fingerprint density at radius 2 is 1.93 bits per heavy atom. The first-order chi connectivity index (χ1) is 6.97. The number of nitrogens with zero attached hydrogens (tertiary/aromatic N) is 3. The molecule has 6 heteroatoms. The SMILES string of the molecule is C=NN(CCN(C)C)C(=O)NCC(C)=O. The van der Waals surface area contributed by atoms with Gasteiger partial charge in [0.05, 0.1) is 13.1 Å². The van der Waals surface area contributed by atoms with Crippen LogP contribution in [0.15, 0.2) is 5.10 Å². The second kappa shape index (κ2) is 6.94. The van der Waals surface area contributed by atoms with Crippen molar-refractivity contribution < 1.29 is 9.59 Å². The molecule has 0 aliphatic carbocycles. The molecule has 0 aromatic carbocycles. The number of hydrogen-bond acceptors (Lipinski definition) is 4. The van der Waals surface area contributed by atoms with Gasteiger partial charge in [0.1, 0.15) is 5.78 Å². The molecular weight excluding hydrogens is 196 g/mol. The van der Waals surface area contributed by atoms with Crippen molar-refractivity contribution in [2.24, 2.45) is 5.10 Å². The lowest BCUT2D eigenvalue weighted by Crippen LogP contribution is -2.41. The normalized spacial score (nSPS) is 9.87. The number of likely N-dealkylation sites (N-methyl/N-ethyl adjacent to an activating group) is 1. The summed E-state index contributed by atoms with van der Waals surface area (Å²) in [5, 5.41) is 7.21. The molecule has 0 atom stereocenters. The molecule has 0 aliphatic heterocycles. The molecule has 0 aromatic rings. The van der Waals surface area contributed by atoms with Gasteiger partial charge in [-0.3, -0.25) is 4.79 Å². The van der Waals surface area contributed by atoms with Crippen molar-refractivity contribution in [1.82, 2.24) is 15.2 Å². The number of nitrogens with one attached hydrogen (secondary N) is 1. The Balaban J connectivity index is 3.99. The van der Waals surface area contributed by atoms with E-state index in [4.69, 9.17) is 0 Å². The fraction of sp³-hybridized carbons (Fsp3) is 0.667. The third-order valence-corrected chi connectivity index (χ3v) is 1.65. The molecule has 0 aromatic heterocycles. The first kappa shape index (κ1) is 13.6. The minimum atomic E-state index is -0.401. The summed E-state index contributed by atoms with van der Waals surface area (Å²) in [6, 6.07) is -0.401. The maximum absolute atomic E-state index is 11.4. The third-order valence-electron chi connectivity index (χ3n) is 1.65. The van der Waals surface area contributed by atoms with Crippen LogP contribution >= 0.6 is 0 Å². The molecule has 0 radical (unpaired) electrons. The number of carbonyl (C=O) groups excluding carboxylic acids is 2. The van der Waals surface area contributed by atoms with Gasteiger partial charge in [0, 0.05) is 13.3 Å². The Labute approximate surface area is 89.9 Å². The summed E-state index contributed by atoms with van der Waals surface area (Å²) >= 11 is 0. The van der Waals surface area contributed by atoms with Crippen LogP contribution in [0.5, 0.6) is 0 Å². The van der Waals surface area contributed by atoms with Gasteiger partial charge in [-0.2, -0.15) is 5.10 Å². The summed E-state index contributed by atoms with van der Waals surface area (Å²) < 4.78 is 0. The van der Waals surface area contributed by atoms with Crippen LogP contribution in [0.25, 0.3) is 0 Å².